The normalized spacial score (nSPS) is 20.7. The summed E-state index contributed by atoms with van der Waals surface area (Å²) >= 11 is 6.53. The van der Waals surface area contributed by atoms with Gasteiger partial charge in [0.1, 0.15) is 10.9 Å². The zero-order chi connectivity index (χ0) is 16.9. The number of carbonyl (C=O) groups is 2. The van der Waals surface area contributed by atoms with Gasteiger partial charge in [-0.1, -0.05) is 73.6 Å². The second-order valence-corrected chi connectivity index (χ2v) is 7.76. The maximum Gasteiger partial charge on any atom is 0.266 e. The van der Waals surface area contributed by atoms with Gasteiger partial charge in [0.15, 0.2) is 0 Å². The van der Waals surface area contributed by atoms with Crippen molar-refractivity contribution in [2.45, 2.75) is 38.1 Å². The highest BCUT2D eigenvalue weighted by atomic mass is 32.2. The van der Waals surface area contributed by atoms with E-state index in [1.807, 2.05) is 36.4 Å². The highest BCUT2D eigenvalue weighted by molar-refractivity contribution is 8.26. The van der Waals surface area contributed by atoms with E-state index in [1.165, 1.54) is 23.1 Å². The minimum Gasteiger partial charge on any atom is -0.352 e. The summed E-state index contributed by atoms with van der Waals surface area (Å²) in [5, 5.41) is 3.03. The quantitative estimate of drug-likeness (QED) is 0.661. The van der Waals surface area contributed by atoms with Crippen molar-refractivity contribution in [3.8, 4) is 0 Å². The average molecular weight is 361 g/mol. The van der Waals surface area contributed by atoms with Crippen molar-refractivity contribution in [3.05, 3.63) is 40.8 Å². The third-order valence-corrected chi connectivity index (χ3v) is 5.62. The number of nitrogens with one attached hydrogen (secondary N) is 1. The lowest BCUT2D eigenvalue weighted by Crippen LogP contribution is -2.44. The lowest BCUT2D eigenvalue weighted by molar-refractivity contribution is -0.129. The summed E-state index contributed by atoms with van der Waals surface area (Å²) in [4.78, 5) is 26.7. The molecule has 0 radical (unpaired) electrons. The molecule has 0 spiro atoms. The predicted molar refractivity (Wildman–Crippen MR) is 101 cm³/mol. The van der Waals surface area contributed by atoms with Crippen LogP contribution in [-0.4, -0.2) is 33.6 Å². The Labute approximate surface area is 151 Å². The van der Waals surface area contributed by atoms with Crippen molar-refractivity contribution in [1.29, 1.82) is 0 Å². The Kier molecular flexibility index (Phi) is 5.68. The predicted octanol–water partition coefficient (Wildman–Crippen LogP) is 3.34. The molecule has 24 heavy (non-hydrogen) atoms. The van der Waals surface area contributed by atoms with Gasteiger partial charge in [-0.15, -0.1) is 0 Å². The van der Waals surface area contributed by atoms with Crippen LogP contribution in [0, 0.1) is 0 Å². The van der Waals surface area contributed by atoms with Gasteiger partial charge in [-0.05, 0) is 24.5 Å². The van der Waals surface area contributed by atoms with Crippen molar-refractivity contribution in [2.24, 2.45) is 0 Å². The topological polar surface area (TPSA) is 49.4 Å². The van der Waals surface area contributed by atoms with Gasteiger partial charge in [-0.25, -0.2) is 0 Å². The minimum atomic E-state index is -0.187. The van der Waals surface area contributed by atoms with E-state index in [0.717, 1.165) is 31.2 Å². The molecule has 6 heteroatoms. The van der Waals surface area contributed by atoms with Gasteiger partial charge < -0.3 is 5.32 Å². The van der Waals surface area contributed by atoms with Crippen LogP contribution in [-0.2, 0) is 9.59 Å². The number of amides is 2. The van der Waals surface area contributed by atoms with Crippen LogP contribution in [0.4, 0.5) is 0 Å². The number of hydrogen-bond acceptors (Lipinski definition) is 4. The monoisotopic (exact) mass is 360 g/mol. The van der Waals surface area contributed by atoms with Crippen LogP contribution in [0.2, 0.25) is 0 Å². The van der Waals surface area contributed by atoms with Crippen molar-refractivity contribution in [3.63, 3.8) is 0 Å². The van der Waals surface area contributed by atoms with Crippen molar-refractivity contribution >= 4 is 46.2 Å². The van der Waals surface area contributed by atoms with Crippen LogP contribution in [0.5, 0.6) is 0 Å². The molecule has 2 aliphatic rings. The smallest absolute Gasteiger partial charge is 0.266 e. The minimum absolute atomic E-state index is 0.00724. The molecule has 1 aromatic rings. The van der Waals surface area contributed by atoms with Crippen LogP contribution in [0.25, 0.3) is 6.08 Å². The summed E-state index contributed by atoms with van der Waals surface area (Å²) in [6.07, 6.45) is 7.43. The lowest BCUT2D eigenvalue weighted by atomic mass is 9.95. The van der Waals surface area contributed by atoms with E-state index in [2.05, 4.69) is 5.32 Å². The zero-order valence-electron chi connectivity index (χ0n) is 13.4. The molecule has 1 aromatic carbocycles. The van der Waals surface area contributed by atoms with Gasteiger partial charge >= 0.3 is 0 Å². The first-order valence-corrected chi connectivity index (χ1v) is 9.46. The molecular weight excluding hydrogens is 340 g/mol. The molecule has 4 nitrogen and oxygen atoms in total. The molecule has 1 aliphatic carbocycles. The van der Waals surface area contributed by atoms with E-state index in [-0.39, 0.29) is 24.4 Å². The molecule has 126 valence electrons. The third-order valence-electron chi connectivity index (χ3n) is 4.24. The Morgan fingerprint density at radius 1 is 1.25 bits per heavy atom. The fourth-order valence-electron chi connectivity index (χ4n) is 3.00. The Morgan fingerprint density at radius 2 is 1.96 bits per heavy atom. The van der Waals surface area contributed by atoms with Crippen LogP contribution in [0.1, 0.15) is 37.7 Å². The van der Waals surface area contributed by atoms with Crippen molar-refractivity contribution in [2.75, 3.05) is 6.54 Å². The van der Waals surface area contributed by atoms with E-state index < -0.39 is 0 Å². The maximum absolute atomic E-state index is 12.5. The van der Waals surface area contributed by atoms with Crippen molar-refractivity contribution < 1.29 is 9.59 Å². The Morgan fingerprint density at radius 3 is 2.67 bits per heavy atom. The molecule has 0 unspecified atom stereocenters. The first-order valence-electron chi connectivity index (χ1n) is 8.23. The summed E-state index contributed by atoms with van der Waals surface area (Å²) in [5.74, 6) is -0.313. The van der Waals surface area contributed by atoms with Crippen LogP contribution < -0.4 is 5.32 Å². The fraction of sp³-hybridized carbons (Fsp3) is 0.389. The largest absolute Gasteiger partial charge is 0.352 e. The van der Waals surface area contributed by atoms with Gasteiger partial charge in [0.2, 0.25) is 5.91 Å². The number of benzene rings is 1. The summed E-state index contributed by atoms with van der Waals surface area (Å²) in [6.45, 7) is 0.00724. The van der Waals surface area contributed by atoms with Gasteiger partial charge in [-0.3, -0.25) is 14.5 Å². The molecule has 1 N–H and O–H groups in total. The number of carbonyl (C=O) groups excluding carboxylic acids is 2. The maximum atomic E-state index is 12.5. The van der Waals surface area contributed by atoms with E-state index in [4.69, 9.17) is 12.2 Å². The van der Waals surface area contributed by atoms with E-state index >= 15 is 0 Å². The number of hydrogen-bond donors (Lipinski definition) is 1. The van der Waals surface area contributed by atoms with Gasteiger partial charge in [-0.2, -0.15) is 0 Å². The SMILES string of the molecule is O=C(CN1C(=O)C(=Cc2ccccc2)SC1=S)NC1CCCCC1. The van der Waals surface area contributed by atoms with E-state index in [0.29, 0.717) is 9.23 Å². The molecule has 1 aliphatic heterocycles. The zero-order valence-corrected chi connectivity index (χ0v) is 15.0. The van der Waals surface area contributed by atoms with Crippen LogP contribution in [0.15, 0.2) is 35.2 Å². The average Bonchev–Trinajstić information content (AvgIpc) is 2.84. The second kappa shape index (κ2) is 7.94. The van der Waals surface area contributed by atoms with Crippen molar-refractivity contribution in [1.82, 2.24) is 10.2 Å². The molecule has 1 saturated carbocycles. The summed E-state index contributed by atoms with van der Waals surface area (Å²) in [5.41, 5.74) is 0.949. The first kappa shape index (κ1) is 17.2. The Bertz CT molecular complexity index is 667. The fourth-order valence-corrected chi connectivity index (χ4v) is 4.26. The molecule has 0 bridgehead atoms. The van der Waals surface area contributed by atoms with Gasteiger partial charge in [0.25, 0.3) is 5.91 Å². The highest BCUT2D eigenvalue weighted by Crippen LogP contribution is 2.32. The second-order valence-electron chi connectivity index (χ2n) is 6.08. The van der Waals surface area contributed by atoms with Gasteiger partial charge in [0, 0.05) is 6.04 Å². The van der Waals surface area contributed by atoms with E-state index in [1.54, 1.807) is 0 Å². The molecule has 3 rings (SSSR count). The van der Waals surface area contributed by atoms with Crippen LogP contribution >= 0.6 is 24.0 Å². The molecule has 1 saturated heterocycles. The highest BCUT2D eigenvalue weighted by Gasteiger charge is 2.33. The summed E-state index contributed by atoms with van der Waals surface area (Å²) in [6, 6.07) is 9.88. The molecule has 0 atom stereocenters. The Balaban J connectivity index is 1.61. The Hall–Kier alpha value is -1.66. The first-order chi connectivity index (χ1) is 11.6. The standard InChI is InChI=1S/C18H20N2O2S2/c21-16(19-14-9-5-2-6-10-14)12-20-17(22)15(24-18(20)23)11-13-7-3-1-4-8-13/h1,3-4,7-8,11,14H,2,5-6,9-10,12H2,(H,19,21). The molecule has 2 amide bonds. The van der Waals surface area contributed by atoms with E-state index in [9.17, 15) is 9.59 Å². The third kappa shape index (κ3) is 4.24. The van der Waals surface area contributed by atoms with Gasteiger partial charge in [0.05, 0.1) is 4.91 Å². The number of rotatable bonds is 4. The molecule has 0 aromatic heterocycles. The summed E-state index contributed by atoms with van der Waals surface area (Å²) < 4.78 is 0.445. The number of thiocarbonyl (C=S) groups is 1. The molecule has 1 heterocycles. The molecule has 2 fully saturated rings. The van der Waals surface area contributed by atoms with Crippen LogP contribution in [0.3, 0.4) is 0 Å². The number of nitrogens with zero attached hydrogens (tertiary/aromatic N) is 1. The molecular formula is C18H20N2O2S2. The summed E-state index contributed by atoms with van der Waals surface area (Å²) in [7, 11) is 0. The lowest BCUT2D eigenvalue weighted by Gasteiger charge is -2.24. The number of thioether (sulfide) groups is 1.